The van der Waals surface area contributed by atoms with Crippen molar-refractivity contribution in [2.75, 3.05) is 19.0 Å². The Morgan fingerprint density at radius 3 is 2.90 bits per heavy atom. The van der Waals surface area contributed by atoms with Crippen LogP contribution in [0.2, 0.25) is 0 Å². The van der Waals surface area contributed by atoms with Crippen LogP contribution in [-0.4, -0.2) is 28.7 Å². The van der Waals surface area contributed by atoms with Crippen molar-refractivity contribution in [2.24, 2.45) is 12.8 Å². The van der Waals surface area contributed by atoms with Gasteiger partial charge in [0.25, 0.3) is 0 Å². The lowest BCUT2D eigenvalue weighted by molar-refractivity contribution is 0.297. The Morgan fingerprint density at radius 1 is 1.33 bits per heavy atom. The molecule has 1 aliphatic rings. The first-order chi connectivity index (χ1) is 10.2. The zero-order valence-electron chi connectivity index (χ0n) is 12.0. The SMILES string of the molecule is Cn1cc(SCC(N)c2ccc3c(c2)OCCCO3)cn1. The molecule has 0 radical (unpaired) electrons. The maximum Gasteiger partial charge on any atom is 0.161 e. The zero-order chi connectivity index (χ0) is 14.7. The maximum atomic E-state index is 6.28. The molecule has 1 aliphatic heterocycles. The number of aryl methyl sites for hydroxylation is 1. The normalized spacial score (nSPS) is 15.5. The summed E-state index contributed by atoms with van der Waals surface area (Å²) in [5.41, 5.74) is 7.34. The molecule has 0 bridgehead atoms. The molecule has 0 fully saturated rings. The molecule has 0 amide bonds. The van der Waals surface area contributed by atoms with Gasteiger partial charge in [-0.2, -0.15) is 5.10 Å². The Labute approximate surface area is 128 Å². The molecule has 21 heavy (non-hydrogen) atoms. The number of fused-ring (bicyclic) bond motifs is 1. The highest BCUT2D eigenvalue weighted by atomic mass is 32.2. The third kappa shape index (κ3) is 3.51. The summed E-state index contributed by atoms with van der Waals surface area (Å²) in [6.07, 6.45) is 4.75. The van der Waals surface area contributed by atoms with E-state index in [0.29, 0.717) is 13.2 Å². The monoisotopic (exact) mass is 305 g/mol. The van der Waals surface area contributed by atoms with Crippen LogP contribution in [0.4, 0.5) is 0 Å². The molecule has 1 unspecified atom stereocenters. The molecule has 2 heterocycles. The molecule has 0 saturated heterocycles. The number of thioether (sulfide) groups is 1. The lowest BCUT2D eigenvalue weighted by atomic mass is 10.1. The molecule has 5 nitrogen and oxygen atoms in total. The van der Waals surface area contributed by atoms with E-state index in [0.717, 1.165) is 34.1 Å². The second-order valence-corrected chi connectivity index (χ2v) is 6.12. The molecule has 3 rings (SSSR count). The first-order valence-corrected chi connectivity index (χ1v) is 7.97. The number of nitrogens with zero attached hydrogens (tertiary/aromatic N) is 2. The third-order valence-electron chi connectivity index (χ3n) is 3.31. The summed E-state index contributed by atoms with van der Waals surface area (Å²) in [7, 11) is 1.91. The Balaban J connectivity index is 1.66. The zero-order valence-corrected chi connectivity index (χ0v) is 12.8. The molecule has 0 saturated carbocycles. The average molecular weight is 305 g/mol. The number of benzene rings is 1. The average Bonchev–Trinajstić information content (AvgIpc) is 2.77. The minimum atomic E-state index is -0.0487. The van der Waals surface area contributed by atoms with Gasteiger partial charge >= 0.3 is 0 Å². The van der Waals surface area contributed by atoms with Gasteiger partial charge in [0.1, 0.15) is 0 Å². The van der Waals surface area contributed by atoms with Gasteiger partial charge in [0.2, 0.25) is 0 Å². The summed E-state index contributed by atoms with van der Waals surface area (Å²) in [6.45, 7) is 1.39. The molecule has 1 aromatic carbocycles. The largest absolute Gasteiger partial charge is 0.490 e. The van der Waals surface area contributed by atoms with Crippen LogP contribution in [0.3, 0.4) is 0 Å². The van der Waals surface area contributed by atoms with E-state index in [4.69, 9.17) is 15.2 Å². The number of nitrogens with two attached hydrogens (primary N) is 1. The predicted octanol–water partition coefficient (Wildman–Crippen LogP) is 2.37. The standard InChI is InChI=1S/C15H19N3O2S/c1-18-9-12(8-17-18)21-10-13(16)11-3-4-14-15(7-11)20-6-2-5-19-14/h3-4,7-9,13H,2,5-6,10,16H2,1H3. The first-order valence-electron chi connectivity index (χ1n) is 6.99. The second kappa shape index (κ2) is 6.41. The van der Waals surface area contributed by atoms with E-state index in [1.54, 1.807) is 16.4 Å². The lowest BCUT2D eigenvalue weighted by Crippen LogP contribution is -2.13. The van der Waals surface area contributed by atoms with Gasteiger partial charge < -0.3 is 15.2 Å². The number of hydrogen-bond donors (Lipinski definition) is 1. The van der Waals surface area contributed by atoms with Crippen LogP contribution in [0.25, 0.3) is 0 Å². The number of aromatic nitrogens is 2. The van der Waals surface area contributed by atoms with Gasteiger partial charge in [-0.3, -0.25) is 4.68 Å². The summed E-state index contributed by atoms with van der Waals surface area (Å²) >= 11 is 1.71. The quantitative estimate of drug-likeness (QED) is 0.879. The highest BCUT2D eigenvalue weighted by Crippen LogP contribution is 2.33. The minimum absolute atomic E-state index is 0.0487. The topological polar surface area (TPSA) is 62.3 Å². The van der Waals surface area contributed by atoms with Crippen LogP contribution in [0, 0.1) is 0 Å². The Morgan fingerprint density at radius 2 is 2.14 bits per heavy atom. The molecule has 0 spiro atoms. The van der Waals surface area contributed by atoms with E-state index in [2.05, 4.69) is 5.10 Å². The summed E-state index contributed by atoms with van der Waals surface area (Å²) in [4.78, 5) is 1.13. The van der Waals surface area contributed by atoms with E-state index in [-0.39, 0.29) is 6.04 Å². The Bertz CT molecular complexity index is 615. The maximum absolute atomic E-state index is 6.28. The van der Waals surface area contributed by atoms with Crippen LogP contribution < -0.4 is 15.2 Å². The van der Waals surface area contributed by atoms with Crippen molar-refractivity contribution in [3.8, 4) is 11.5 Å². The molecule has 112 valence electrons. The lowest BCUT2D eigenvalue weighted by Gasteiger charge is -2.14. The number of hydrogen-bond acceptors (Lipinski definition) is 5. The highest BCUT2D eigenvalue weighted by Gasteiger charge is 2.14. The van der Waals surface area contributed by atoms with Crippen LogP contribution in [0.5, 0.6) is 11.5 Å². The van der Waals surface area contributed by atoms with E-state index in [9.17, 15) is 0 Å². The van der Waals surface area contributed by atoms with Crippen molar-refractivity contribution < 1.29 is 9.47 Å². The van der Waals surface area contributed by atoms with Gasteiger partial charge in [-0.05, 0) is 17.7 Å². The van der Waals surface area contributed by atoms with E-state index in [1.165, 1.54) is 0 Å². The molecule has 0 aliphatic carbocycles. The molecular weight excluding hydrogens is 286 g/mol. The van der Waals surface area contributed by atoms with Crippen molar-refractivity contribution in [1.82, 2.24) is 9.78 Å². The number of rotatable bonds is 4. The van der Waals surface area contributed by atoms with Crippen LogP contribution >= 0.6 is 11.8 Å². The van der Waals surface area contributed by atoms with Crippen molar-refractivity contribution in [1.29, 1.82) is 0 Å². The number of ether oxygens (including phenoxy) is 2. The van der Waals surface area contributed by atoms with E-state index < -0.39 is 0 Å². The summed E-state index contributed by atoms with van der Waals surface area (Å²) in [5, 5.41) is 4.15. The van der Waals surface area contributed by atoms with Crippen molar-refractivity contribution >= 4 is 11.8 Å². The molecule has 2 aromatic rings. The fraction of sp³-hybridized carbons (Fsp3) is 0.400. The Kier molecular flexibility index (Phi) is 4.36. The van der Waals surface area contributed by atoms with E-state index in [1.807, 2.05) is 37.6 Å². The minimum Gasteiger partial charge on any atom is -0.490 e. The van der Waals surface area contributed by atoms with Gasteiger partial charge in [0, 0.05) is 36.4 Å². The van der Waals surface area contributed by atoms with Gasteiger partial charge in [-0.1, -0.05) is 6.07 Å². The van der Waals surface area contributed by atoms with Crippen LogP contribution in [0.1, 0.15) is 18.0 Å². The predicted molar refractivity (Wildman–Crippen MR) is 82.9 cm³/mol. The van der Waals surface area contributed by atoms with Gasteiger partial charge in [-0.15, -0.1) is 11.8 Å². The van der Waals surface area contributed by atoms with E-state index >= 15 is 0 Å². The van der Waals surface area contributed by atoms with Crippen LogP contribution in [0.15, 0.2) is 35.5 Å². The fourth-order valence-corrected chi connectivity index (χ4v) is 3.08. The molecule has 2 N–H and O–H groups in total. The molecule has 1 aromatic heterocycles. The smallest absolute Gasteiger partial charge is 0.161 e. The second-order valence-electron chi connectivity index (χ2n) is 5.02. The fourth-order valence-electron chi connectivity index (χ4n) is 2.17. The van der Waals surface area contributed by atoms with Gasteiger partial charge in [0.15, 0.2) is 11.5 Å². The van der Waals surface area contributed by atoms with Crippen LogP contribution in [-0.2, 0) is 7.05 Å². The summed E-state index contributed by atoms with van der Waals surface area (Å²) in [5.74, 6) is 2.40. The molecular formula is C15H19N3O2S. The first kappa shape index (κ1) is 14.3. The van der Waals surface area contributed by atoms with Crippen molar-refractivity contribution in [3.63, 3.8) is 0 Å². The summed E-state index contributed by atoms with van der Waals surface area (Å²) in [6, 6.07) is 5.91. The highest BCUT2D eigenvalue weighted by molar-refractivity contribution is 7.99. The summed E-state index contributed by atoms with van der Waals surface area (Å²) < 4.78 is 13.1. The Hall–Kier alpha value is -1.66. The van der Waals surface area contributed by atoms with Gasteiger partial charge in [0.05, 0.1) is 19.4 Å². The van der Waals surface area contributed by atoms with Crippen molar-refractivity contribution in [2.45, 2.75) is 17.4 Å². The molecule has 6 heteroatoms. The van der Waals surface area contributed by atoms with Crippen molar-refractivity contribution in [3.05, 3.63) is 36.2 Å². The third-order valence-corrected chi connectivity index (χ3v) is 4.38. The van der Waals surface area contributed by atoms with Gasteiger partial charge in [-0.25, -0.2) is 0 Å². The molecule has 1 atom stereocenters.